The molecule has 2 N–H and O–H groups in total. The minimum atomic E-state index is 0.292. The van der Waals surface area contributed by atoms with Crippen molar-refractivity contribution in [2.24, 2.45) is 0 Å². The Hall–Kier alpha value is -1.24. The molecule has 112 valence electrons. The van der Waals surface area contributed by atoms with E-state index in [-0.39, 0.29) is 0 Å². The smallest absolute Gasteiger partial charge is 0.170 e. The molecule has 1 aliphatic heterocycles. The summed E-state index contributed by atoms with van der Waals surface area (Å²) >= 11 is 7.07. The number of aryl methyl sites for hydroxylation is 1. The molecule has 1 fully saturated rings. The van der Waals surface area contributed by atoms with Crippen LogP contribution in [-0.4, -0.2) is 29.4 Å². The molecular formula is C15H19N3OS2. The van der Waals surface area contributed by atoms with E-state index in [4.69, 9.17) is 17.0 Å². The van der Waals surface area contributed by atoms with Crippen molar-refractivity contribution in [3.8, 4) is 0 Å². The molecule has 4 nitrogen and oxygen atoms in total. The molecule has 2 heterocycles. The number of hydrogen-bond acceptors (Lipinski definition) is 4. The summed E-state index contributed by atoms with van der Waals surface area (Å²) in [6.45, 7) is 3.77. The van der Waals surface area contributed by atoms with Gasteiger partial charge in [-0.3, -0.25) is 0 Å². The summed E-state index contributed by atoms with van der Waals surface area (Å²) in [7, 11) is 0. The van der Waals surface area contributed by atoms with Crippen LogP contribution in [0.5, 0.6) is 0 Å². The molecule has 1 aliphatic rings. The Morgan fingerprint density at radius 2 is 2.43 bits per heavy atom. The first-order chi connectivity index (χ1) is 10.2. The van der Waals surface area contributed by atoms with E-state index in [2.05, 4.69) is 28.6 Å². The summed E-state index contributed by atoms with van der Waals surface area (Å²) in [6, 6.07) is 6.16. The molecule has 0 radical (unpaired) electrons. The lowest BCUT2D eigenvalue weighted by atomic mass is 10.2. The standard InChI is InChI=1S/C15H19N3OS2/c1-2-14-18-12-6-5-10(8-13(12)21-14)17-15(20)16-9-11-4-3-7-19-11/h5-6,8,11H,2-4,7,9H2,1H3,(H2,16,17,20)/t11-/m1/s1. The predicted octanol–water partition coefficient (Wildman–Crippen LogP) is 3.32. The number of fused-ring (bicyclic) bond motifs is 1. The number of thiazole rings is 1. The van der Waals surface area contributed by atoms with Crippen molar-refractivity contribution in [1.82, 2.24) is 10.3 Å². The average molecular weight is 321 g/mol. The normalized spacial score (nSPS) is 18.0. The van der Waals surface area contributed by atoms with Gasteiger partial charge in [-0.1, -0.05) is 6.92 Å². The first-order valence-electron chi connectivity index (χ1n) is 7.30. The number of anilines is 1. The van der Waals surface area contributed by atoms with Gasteiger partial charge >= 0.3 is 0 Å². The van der Waals surface area contributed by atoms with Crippen LogP contribution in [-0.2, 0) is 11.2 Å². The van der Waals surface area contributed by atoms with E-state index in [0.29, 0.717) is 11.2 Å². The van der Waals surface area contributed by atoms with Gasteiger partial charge < -0.3 is 15.4 Å². The largest absolute Gasteiger partial charge is 0.376 e. The zero-order chi connectivity index (χ0) is 14.7. The van der Waals surface area contributed by atoms with Gasteiger partial charge in [-0.05, 0) is 49.7 Å². The van der Waals surface area contributed by atoms with Crippen molar-refractivity contribution in [1.29, 1.82) is 0 Å². The van der Waals surface area contributed by atoms with Gasteiger partial charge in [0.1, 0.15) is 0 Å². The van der Waals surface area contributed by atoms with Crippen molar-refractivity contribution in [3.05, 3.63) is 23.2 Å². The van der Waals surface area contributed by atoms with Crippen molar-refractivity contribution in [2.45, 2.75) is 32.3 Å². The van der Waals surface area contributed by atoms with E-state index in [1.807, 2.05) is 12.1 Å². The third-order valence-electron chi connectivity index (χ3n) is 3.51. The van der Waals surface area contributed by atoms with Crippen LogP contribution in [0.2, 0.25) is 0 Å². The lowest BCUT2D eigenvalue weighted by molar-refractivity contribution is 0.114. The van der Waals surface area contributed by atoms with Crippen molar-refractivity contribution in [3.63, 3.8) is 0 Å². The zero-order valence-corrected chi connectivity index (χ0v) is 13.6. The first-order valence-corrected chi connectivity index (χ1v) is 8.53. The van der Waals surface area contributed by atoms with Gasteiger partial charge in [-0.15, -0.1) is 11.3 Å². The van der Waals surface area contributed by atoms with Crippen molar-refractivity contribution >= 4 is 44.6 Å². The maximum atomic E-state index is 5.57. The van der Waals surface area contributed by atoms with Gasteiger partial charge in [0.15, 0.2) is 5.11 Å². The molecule has 0 bridgehead atoms. The third kappa shape index (κ3) is 3.70. The Morgan fingerprint density at radius 1 is 1.52 bits per heavy atom. The van der Waals surface area contributed by atoms with Gasteiger partial charge in [0, 0.05) is 18.8 Å². The first kappa shape index (κ1) is 14.7. The summed E-state index contributed by atoms with van der Waals surface area (Å²) in [5.41, 5.74) is 2.05. The molecule has 1 aromatic carbocycles. The molecule has 1 aromatic heterocycles. The second-order valence-electron chi connectivity index (χ2n) is 5.11. The Morgan fingerprint density at radius 3 is 3.19 bits per heavy atom. The fourth-order valence-electron chi connectivity index (χ4n) is 2.39. The molecule has 3 rings (SSSR count). The number of nitrogens with one attached hydrogen (secondary N) is 2. The average Bonchev–Trinajstić information content (AvgIpc) is 3.13. The summed E-state index contributed by atoms with van der Waals surface area (Å²) in [5.74, 6) is 0. The molecule has 6 heteroatoms. The Balaban J connectivity index is 1.59. The highest BCUT2D eigenvalue weighted by Gasteiger charge is 2.15. The van der Waals surface area contributed by atoms with Crippen LogP contribution in [0.4, 0.5) is 5.69 Å². The maximum absolute atomic E-state index is 5.57. The van der Waals surface area contributed by atoms with Gasteiger partial charge in [0.05, 0.1) is 21.3 Å². The monoisotopic (exact) mass is 321 g/mol. The Bertz CT molecular complexity index is 635. The maximum Gasteiger partial charge on any atom is 0.170 e. The fourth-order valence-corrected chi connectivity index (χ4v) is 3.54. The quantitative estimate of drug-likeness (QED) is 0.846. The number of nitrogens with zero attached hydrogens (tertiary/aromatic N) is 1. The SMILES string of the molecule is CCc1nc2ccc(NC(=S)NC[C@H]3CCCO3)cc2s1. The van der Waals surface area contributed by atoms with Crippen LogP contribution in [0.1, 0.15) is 24.8 Å². The number of benzene rings is 1. The Labute approximate surface area is 133 Å². The molecule has 1 atom stereocenters. The molecule has 2 aromatic rings. The molecule has 0 spiro atoms. The highest BCUT2D eigenvalue weighted by molar-refractivity contribution is 7.80. The van der Waals surface area contributed by atoms with Gasteiger partial charge in [0.25, 0.3) is 0 Å². The highest BCUT2D eigenvalue weighted by atomic mass is 32.1. The molecule has 0 saturated carbocycles. The minimum Gasteiger partial charge on any atom is -0.376 e. The fraction of sp³-hybridized carbons (Fsp3) is 0.467. The van der Waals surface area contributed by atoms with Crippen LogP contribution in [0.3, 0.4) is 0 Å². The molecule has 21 heavy (non-hydrogen) atoms. The summed E-state index contributed by atoms with van der Waals surface area (Å²) in [6.07, 6.45) is 3.53. The van der Waals surface area contributed by atoms with Gasteiger partial charge in [-0.2, -0.15) is 0 Å². The van der Waals surface area contributed by atoms with E-state index < -0.39 is 0 Å². The van der Waals surface area contributed by atoms with Gasteiger partial charge in [0.2, 0.25) is 0 Å². The highest BCUT2D eigenvalue weighted by Crippen LogP contribution is 2.25. The van der Waals surface area contributed by atoms with E-state index in [9.17, 15) is 0 Å². The van der Waals surface area contributed by atoms with E-state index in [0.717, 1.165) is 43.6 Å². The van der Waals surface area contributed by atoms with Crippen molar-refractivity contribution in [2.75, 3.05) is 18.5 Å². The second kappa shape index (κ2) is 6.68. The van der Waals surface area contributed by atoms with Crippen LogP contribution in [0, 0.1) is 0 Å². The number of hydrogen-bond donors (Lipinski definition) is 2. The predicted molar refractivity (Wildman–Crippen MR) is 92.2 cm³/mol. The molecule has 0 unspecified atom stereocenters. The van der Waals surface area contributed by atoms with E-state index in [1.165, 1.54) is 9.71 Å². The summed E-state index contributed by atoms with van der Waals surface area (Å²) in [5, 5.41) is 8.26. The number of ether oxygens (including phenoxy) is 1. The van der Waals surface area contributed by atoms with Crippen LogP contribution >= 0.6 is 23.6 Å². The number of thiocarbonyl (C=S) groups is 1. The molecule has 0 aliphatic carbocycles. The van der Waals surface area contributed by atoms with Crippen LogP contribution in [0.15, 0.2) is 18.2 Å². The molecular weight excluding hydrogens is 302 g/mol. The van der Waals surface area contributed by atoms with Crippen LogP contribution in [0.25, 0.3) is 10.2 Å². The number of rotatable bonds is 4. The Kier molecular flexibility index (Phi) is 4.67. The van der Waals surface area contributed by atoms with E-state index in [1.54, 1.807) is 11.3 Å². The minimum absolute atomic E-state index is 0.292. The molecule has 1 saturated heterocycles. The zero-order valence-electron chi connectivity index (χ0n) is 12.0. The topological polar surface area (TPSA) is 46.2 Å². The summed E-state index contributed by atoms with van der Waals surface area (Å²) in [4.78, 5) is 4.57. The summed E-state index contributed by atoms with van der Waals surface area (Å²) < 4.78 is 6.76. The van der Waals surface area contributed by atoms with Gasteiger partial charge in [-0.25, -0.2) is 4.98 Å². The third-order valence-corrected chi connectivity index (χ3v) is 4.92. The van der Waals surface area contributed by atoms with Crippen LogP contribution < -0.4 is 10.6 Å². The van der Waals surface area contributed by atoms with E-state index >= 15 is 0 Å². The lowest BCUT2D eigenvalue weighted by Crippen LogP contribution is -2.34. The lowest BCUT2D eigenvalue weighted by Gasteiger charge is -2.14. The van der Waals surface area contributed by atoms with Crippen molar-refractivity contribution < 1.29 is 4.74 Å². The second-order valence-corrected chi connectivity index (χ2v) is 6.64. The molecule has 0 amide bonds. The number of aromatic nitrogens is 1.